The van der Waals surface area contributed by atoms with E-state index < -0.39 is 25.3 Å². The summed E-state index contributed by atoms with van der Waals surface area (Å²) in [5.74, 6) is 2.65. The van der Waals surface area contributed by atoms with Gasteiger partial charge in [0.2, 0.25) is 0 Å². The second kappa shape index (κ2) is 14.0. The van der Waals surface area contributed by atoms with Crippen molar-refractivity contribution in [3.8, 4) is 0 Å². The Morgan fingerprint density at radius 1 is 0.949 bits per heavy atom. The summed E-state index contributed by atoms with van der Waals surface area (Å²) in [5.41, 5.74) is 6.92. The van der Waals surface area contributed by atoms with Crippen LogP contribution < -0.4 is 0 Å². The molecule has 0 bridgehead atoms. The van der Waals surface area contributed by atoms with E-state index in [4.69, 9.17) is 18.6 Å². The second-order valence-corrected chi connectivity index (χ2v) is 21.5. The summed E-state index contributed by atoms with van der Waals surface area (Å²) in [5, 5.41) is 9.33. The van der Waals surface area contributed by atoms with Gasteiger partial charge in [0.05, 0.1) is 0 Å². The zero-order chi connectivity index (χ0) is 28.5. The number of hydrogen-bond acceptors (Lipinski definition) is 1. The van der Waals surface area contributed by atoms with Crippen LogP contribution in [0.5, 0.6) is 0 Å². The molecule has 0 N–H and O–H groups in total. The van der Waals surface area contributed by atoms with Gasteiger partial charge in [0.1, 0.15) is 8.24 Å². The fourth-order valence-corrected chi connectivity index (χ4v) is 11.0. The molecule has 2 fully saturated rings. The maximum atomic E-state index is 4.89. The third-order valence-corrected chi connectivity index (χ3v) is 13.5. The Hall–Kier alpha value is 0.0912. The predicted molar refractivity (Wildman–Crippen MR) is 173 cm³/mol. The van der Waals surface area contributed by atoms with Crippen molar-refractivity contribution in [2.75, 3.05) is 20.0 Å². The summed E-state index contributed by atoms with van der Waals surface area (Å²) in [4.78, 5) is 0. The van der Waals surface area contributed by atoms with Crippen LogP contribution in [0.2, 0.25) is 18.6 Å². The fraction of sp³-hybridized carbons (Fsp3) is 0.656. The van der Waals surface area contributed by atoms with Gasteiger partial charge in [0, 0.05) is 0 Å². The minimum absolute atomic E-state index is 0. The van der Waals surface area contributed by atoms with Gasteiger partial charge in [-0.25, -0.2) is 0 Å². The average Bonchev–Trinajstić information content (AvgIpc) is 3.25. The summed E-state index contributed by atoms with van der Waals surface area (Å²) in [7, 11) is 8.03. The predicted octanol–water partition coefficient (Wildman–Crippen LogP) is 10.5. The molecule has 1 aromatic carbocycles. The average molecular weight is 626 g/mol. The Balaban J connectivity index is 0.00000127. The summed E-state index contributed by atoms with van der Waals surface area (Å²) < 4.78 is 2.66. The third kappa shape index (κ3) is 8.14. The minimum atomic E-state index is -1.75. The van der Waals surface area contributed by atoms with E-state index in [-0.39, 0.29) is 18.3 Å². The van der Waals surface area contributed by atoms with Crippen LogP contribution in [-0.2, 0) is 27.9 Å². The van der Waals surface area contributed by atoms with Crippen molar-refractivity contribution in [3.63, 3.8) is 0 Å². The van der Waals surface area contributed by atoms with Gasteiger partial charge in [-0.2, -0.15) is 0 Å². The third-order valence-electron chi connectivity index (χ3n) is 9.10. The summed E-state index contributed by atoms with van der Waals surface area (Å²) in [6.45, 7) is 26.6. The summed E-state index contributed by atoms with van der Waals surface area (Å²) in [6.07, 6.45) is 8.68. The Kier molecular flexibility index (Phi) is 12.7. The van der Waals surface area contributed by atoms with Gasteiger partial charge in [-0.15, -0.1) is 13.3 Å². The molecule has 7 heteroatoms. The van der Waals surface area contributed by atoms with E-state index in [2.05, 4.69) is 120 Å². The Morgan fingerprint density at radius 2 is 1.46 bits per heavy atom. The molecule has 1 saturated heterocycles. The quantitative estimate of drug-likeness (QED) is 0.242. The zero-order valence-electron chi connectivity index (χ0n) is 26.3. The van der Waals surface area contributed by atoms with Gasteiger partial charge in [-0.1, -0.05) is 105 Å². The topological polar surface area (TPSA) is 31.4 Å². The first kappa shape index (κ1) is 35.3. The Labute approximate surface area is 258 Å². The van der Waals surface area contributed by atoms with Crippen LogP contribution in [0, 0.1) is 31.1 Å². The number of rotatable bonds is 4. The molecule has 0 radical (unpaired) electrons. The number of benzene rings is 1. The van der Waals surface area contributed by atoms with E-state index in [1.54, 1.807) is 5.57 Å². The van der Waals surface area contributed by atoms with E-state index in [1.165, 1.54) is 23.1 Å². The van der Waals surface area contributed by atoms with Crippen LogP contribution in [-0.4, -0.2) is 32.8 Å². The molecule has 216 valence electrons. The van der Waals surface area contributed by atoms with E-state index >= 15 is 0 Å². The molecule has 3 aliphatic rings. The van der Waals surface area contributed by atoms with Crippen molar-refractivity contribution in [2.45, 2.75) is 91.3 Å². The zero-order valence-corrected chi connectivity index (χ0v) is 30.4. The molecule has 1 saturated carbocycles. The first-order valence-electron chi connectivity index (χ1n) is 14.2. The van der Waals surface area contributed by atoms with Crippen LogP contribution in [0.25, 0.3) is 16.2 Å². The Bertz CT molecular complexity index is 971. The number of allylic oxidation sites excluding steroid dienone is 4. The van der Waals surface area contributed by atoms with Crippen molar-refractivity contribution in [2.24, 2.45) is 23.7 Å². The van der Waals surface area contributed by atoms with Crippen molar-refractivity contribution in [1.82, 2.24) is 4.57 Å². The summed E-state index contributed by atoms with van der Waals surface area (Å²) >= 11 is -0.556. The molecule has 4 rings (SSSR count). The number of halogens is 2. The monoisotopic (exact) mass is 624 g/mol. The fourth-order valence-electron chi connectivity index (χ4n) is 6.81. The second-order valence-electron chi connectivity index (χ2n) is 14.3. The van der Waals surface area contributed by atoms with Gasteiger partial charge in [-0.05, 0) is 68.7 Å². The molecule has 4 atom stereocenters. The molecule has 1 aliphatic heterocycles. The van der Waals surface area contributed by atoms with Crippen LogP contribution in [0.1, 0.15) is 78.5 Å². The molecule has 0 amide bonds. The van der Waals surface area contributed by atoms with Crippen LogP contribution >= 0.6 is 18.6 Å². The van der Waals surface area contributed by atoms with Crippen molar-refractivity contribution < 1.29 is 17.0 Å². The first-order chi connectivity index (χ1) is 17.6. The van der Waals surface area contributed by atoms with Gasteiger partial charge in [-0.3, -0.25) is 6.67 Å². The standard InChI is InChI=1S/C31H49N3Si.CH3.2ClH.Ti/c1-21(2)27-17-28-25(22-14-23(30(3,4)5)16-24(15-22)31(6,7)8)12-11-13-26(28)29(27)35(9,10)34-19-32-18-33-20-34;;;;/h11-16,21,26-29H,17-20H2,1-10H3;1H3;2*1H;/q-2;-1;;;+6/p-2. The Morgan fingerprint density at radius 3 is 1.92 bits per heavy atom. The van der Waals surface area contributed by atoms with Crippen LogP contribution in [0.15, 0.2) is 36.4 Å². The molecule has 1 aromatic rings. The van der Waals surface area contributed by atoms with Crippen LogP contribution in [0.3, 0.4) is 0 Å². The SMILES string of the molecule is CC(C)C1CC2C(c3cc(C(C)(C)C)cc(C(C)(C)C)c3)=CC=CC2C1[Si](C)(C)N1C[N-]C[N-]C1.[CH3-].[Cl][Ti+4][Cl]. The number of fused-ring (bicyclic) bond motifs is 1. The number of hydrogen-bond donors (Lipinski definition) is 0. The molecule has 39 heavy (non-hydrogen) atoms. The van der Waals surface area contributed by atoms with Gasteiger partial charge in [0.25, 0.3) is 0 Å². The molecule has 3 nitrogen and oxygen atoms in total. The van der Waals surface area contributed by atoms with Gasteiger partial charge in [0.15, 0.2) is 0 Å². The van der Waals surface area contributed by atoms with Gasteiger partial charge >= 0.3 is 35.6 Å². The van der Waals surface area contributed by atoms with E-state index in [0.29, 0.717) is 24.4 Å². The molecular formula is C32H52Cl2N3SiTi+. The van der Waals surface area contributed by atoms with Crippen molar-refractivity contribution in [1.29, 1.82) is 0 Å². The molecule has 4 unspecified atom stereocenters. The van der Waals surface area contributed by atoms with Crippen LogP contribution in [0.4, 0.5) is 0 Å². The van der Waals surface area contributed by atoms with E-state index in [1.807, 2.05) is 0 Å². The number of nitrogens with zero attached hydrogens (tertiary/aromatic N) is 3. The molecule has 0 spiro atoms. The van der Waals surface area contributed by atoms with E-state index in [0.717, 1.165) is 24.8 Å². The van der Waals surface area contributed by atoms with Crippen molar-refractivity contribution in [3.05, 3.63) is 71.2 Å². The van der Waals surface area contributed by atoms with Crippen molar-refractivity contribution >= 4 is 32.4 Å². The molecule has 2 aliphatic carbocycles. The summed E-state index contributed by atoms with van der Waals surface area (Å²) in [6, 6.07) is 7.45. The maximum absolute atomic E-state index is 4.89. The van der Waals surface area contributed by atoms with Gasteiger partial charge < -0.3 is 22.6 Å². The van der Waals surface area contributed by atoms with E-state index in [9.17, 15) is 0 Å². The molecular weight excluding hydrogens is 573 g/mol. The first-order valence-corrected chi connectivity index (χ1v) is 21.5. The molecule has 0 aromatic heterocycles. The molecule has 1 heterocycles. The normalized spacial score (nSPS) is 26.0.